The van der Waals surface area contributed by atoms with Crippen LogP contribution in [0.5, 0.6) is 0 Å². The fourth-order valence-electron chi connectivity index (χ4n) is 0.664. The first-order chi connectivity index (χ1) is 6.52. The van der Waals surface area contributed by atoms with Crippen molar-refractivity contribution in [2.24, 2.45) is 0 Å². The van der Waals surface area contributed by atoms with Gasteiger partial charge < -0.3 is 19.3 Å². The van der Waals surface area contributed by atoms with Crippen molar-refractivity contribution in [3.05, 3.63) is 0 Å². The monoisotopic (exact) mass is 206 g/mol. The third-order valence-corrected chi connectivity index (χ3v) is 1.14. The van der Waals surface area contributed by atoms with Gasteiger partial charge in [-0.2, -0.15) is 0 Å². The Bertz CT molecular complexity index is 155. The van der Waals surface area contributed by atoms with E-state index in [2.05, 4.69) is 4.74 Å². The molecule has 0 aliphatic carbocycles. The summed E-state index contributed by atoms with van der Waals surface area (Å²) in [4.78, 5) is 10.8. The van der Waals surface area contributed by atoms with Crippen molar-refractivity contribution in [3.63, 3.8) is 0 Å². The predicted octanol–water partition coefficient (Wildman–Crippen LogP) is 0.945. The van der Waals surface area contributed by atoms with Gasteiger partial charge in [-0.05, 0) is 20.8 Å². The smallest absolute Gasteiger partial charge is 0.432 e. The molecule has 5 nitrogen and oxygen atoms in total. The fraction of sp³-hybridized carbons (Fsp3) is 0.889. The van der Waals surface area contributed by atoms with Gasteiger partial charge in [0.05, 0.1) is 25.4 Å². The molecule has 0 fully saturated rings. The minimum Gasteiger partial charge on any atom is -0.432 e. The molecular weight excluding hydrogens is 188 g/mol. The van der Waals surface area contributed by atoms with Gasteiger partial charge in [0.2, 0.25) is 0 Å². The number of rotatable bonds is 6. The summed E-state index contributed by atoms with van der Waals surface area (Å²) in [6.07, 6.45) is -1.38. The molecule has 1 N–H and O–H groups in total. The van der Waals surface area contributed by atoms with Crippen LogP contribution in [0.1, 0.15) is 20.8 Å². The van der Waals surface area contributed by atoms with Crippen LogP contribution in [0.3, 0.4) is 0 Å². The molecule has 0 saturated heterocycles. The normalized spacial score (nSPS) is 12.6. The Labute approximate surface area is 84.0 Å². The molecule has 0 unspecified atom stereocenters. The molecule has 14 heavy (non-hydrogen) atoms. The number of carbonyl (C=O) groups is 1. The topological polar surface area (TPSA) is 65.0 Å². The highest BCUT2D eigenvalue weighted by molar-refractivity contribution is 5.59. The van der Waals surface area contributed by atoms with E-state index >= 15 is 0 Å². The van der Waals surface area contributed by atoms with Gasteiger partial charge in [0.1, 0.15) is 6.61 Å². The van der Waals surface area contributed by atoms with Crippen molar-refractivity contribution in [3.8, 4) is 0 Å². The van der Waals surface area contributed by atoms with Crippen molar-refractivity contribution < 1.29 is 24.1 Å². The summed E-state index contributed by atoms with van der Waals surface area (Å²) in [5.41, 5.74) is 0. The summed E-state index contributed by atoms with van der Waals surface area (Å²) in [5.74, 6) is 0. The Balaban J connectivity index is 3.23. The number of aliphatic hydroxyl groups excluding tert-OH is 1. The van der Waals surface area contributed by atoms with Gasteiger partial charge in [0.25, 0.3) is 0 Å². The largest absolute Gasteiger partial charge is 0.508 e. The molecule has 0 spiro atoms. The Kier molecular flexibility index (Phi) is 7.14. The number of aliphatic hydroxyl groups is 1. The Morgan fingerprint density at radius 1 is 1.29 bits per heavy atom. The summed E-state index contributed by atoms with van der Waals surface area (Å²) < 4.78 is 14.3. The molecule has 0 aliphatic rings. The van der Waals surface area contributed by atoms with Crippen molar-refractivity contribution >= 4 is 6.16 Å². The van der Waals surface area contributed by atoms with E-state index in [0.29, 0.717) is 0 Å². The predicted molar refractivity (Wildman–Crippen MR) is 50.1 cm³/mol. The molecule has 0 aromatic carbocycles. The number of carbonyl (C=O) groups excluding carboxylic acids is 1. The highest BCUT2D eigenvalue weighted by Crippen LogP contribution is 1.92. The summed E-state index contributed by atoms with van der Waals surface area (Å²) >= 11 is 0. The molecule has 0 saturated carbocycles. The Morgan fingerprint density at radius 2 is 1.93 bits per heavy atom. The minimum atomic E-state index is -0.694. The van der Waals surface area contributed by atoms with Crippen LogP contribution in [0.2, 0.25) is 0 Å². The highest BCUT2D eigenvalue weighted by Gasteiger charge is 2.05. The van der Waals surface area contributed by atoms with Crippen LogP contribution in [0.4, 0.5) is 4.79 Å². The zero-order valence-corrected chi connectivity index (χ0v) is 8.86. The number of ether oxygens (including phenoxy) is 3. The Hall–Kier alpha value is -0.810. The fourth-order valence-corrected chi connectivity index (χ4v) is 0.664. The van der Waals surface area contributed by atoms with Gasteiger partial charge in [-0.1, -0.05) is 0 Å². The van der Waals surface area contributed by atoms with Crippen LogP contribution in [-0.2, 0) is 14.2 Å². The molecule has 0 aliphatic heterocycles. The SMILES string of the molecule is CC(C)OC(=O)OCCOC[C@H](C)O. The third-order valence-electron chi connectivity index (χ3n) is 1.14. The quantitative estimate of drug-likeness (QED) is 0.517. The molecule has 0 aromatic heterocycles. The van der Waals surface area contributed by atoms with Gasteiger partial charge in [0.15, 0.2) is 0 Å². The van der Waals surface area contributed by atoms with Crippen LogP contribution in [0, 0.1) is 0 Å². The lowest BCUT2D eigenvalue weighted by atomic mass is 10.4. The van der Waals surface area contributed by atoms with Crippen molar-refractivity contribution in [2.75, 3.05) is 19.8 Å². The average molecular weight is 206 g/mol. The van der Waals surface area contributed by atoms with Crippen LogP contribution < -0.4 is 0 Å². The second-order valence-electron chi connectivity index (χ2n) is 3.19. The summed E-state index contributed by atoms with van der Waals surface area (Å²) in [6.45, 7) is 5.74. The van der Waals surface area contributed by atoms with Crippen molar-refractivity contribution in [1.82, 2.24) is 0 Å². The van der Waals surface area contributed by atoms with Crippen molar-refractivity contribution in [1.29, 1.82) is 0 Å². The maximum absolute atomic E-state index is 10.8. The number of hydrogen-bond acceptors (Lipinski definition) is 5. The van der Waals surface area contributed by atoms with E-state index < -0.39 is 12.3 Å². The van der Waals surface area contributed by atoms with Crippen LogP contribution in [0.15, 0.2) is 0 Å². The second-order valence-corrected chi connectivity index (χ2v) is 3.19. The summed E-state index contributed by atoms with van der Waals surface area (Å²) in [7, 11) is 0. The molecule has 0 heterocycles. The summed E-state index contributed by atoms with van der Waals surface area (Å²) in [5, 5.41) is 8.82. The molecule has 5 heteroatoms. The first-order valence-electron chi connectivity index (χ1n) is 4.61. The van der Waals surface area contributed by atoms with E-state index in [1.807, 2.05) is 0 Å². The van der Waals surface area contributed by atoms with E-state index in [1.165, 1.54) is 0 Å². The highest BCUT2D eigenvalue weighted by atomic mass is 16.7. The molecule has 84 valence electrons. The molecule has 0 amide bonds. The zero-order valence-electron chi connectivity index (χ0n) is 8.86. The number of hydrogen-bond donors (Lipinski definition) is 1. The standard InChI is InChI=1S/C9H18O5/c1-7(2)14-9(11)13-5-4-12-6-8(3)10/h7-8,10H,4-6H2,1-3H3/t8-/m0/s1. The van der Waals surface area contributed by atoms with E-state index in [-0.39, 0.29) is 25.9 Å². The van der Waals surface area contributed by atoms with Crippen LogP contribution in [0.25, 0.3) is 0 Å². The first kappa shape index (κ1) is 13.2. The van der Waals surface area contributed by atoms with Gasteiger partial charge in [-0.25, -0.2) is 4.79 Å². The third kappa shape index (κ3) is 9.28. The van der Waals surface area contributed by atoms with E-state index in [1.54, 1.807) is 20.8 Å². The summed E-state index contributed by atoms with van der Waals surface area (Å²) in [6, 6.07) is 0. The van der Waals surface area contributed by atoms with Crippen molar-refractivity contribution in [2.45, 2.75) is 33.0 Å². The van der Waals surface area contributed by atoms with E-state index in [4.69, 9.17) is 14.6 Å². The molecule has 0 aromatic rings. The minimum absolute atomic E-state index is 0.137. The van der Waals surface area contributed by atoms with E-state index in [9.17, 15) is 4.79 Å². The van der Waals surface area contributed by atoms with E-state index in [0.717, 1.165) is 0 Å². The molecule has 0 radical (unpaired) electrons. The van der Waals surface area contributed by atoms with Gasteiger partial charge in [0, 0.05) is 0 Å². The van der Waals surface area contributed by atoms with Crippen LogP contribution >= 0.6 is 0 Å². The lowest BCUT2D eigenvalue weighted by Gasteiger charge is -2.09. The first-order valence-corrected chi connectivity index (χ1v) is 4.61. The maximum atomic E-state index is 10.8. The lowest BCUT2D eigenvalue weighted by Crippen LogP contribution is -2.18. The average Bonchev–Trinajstić information content (AvgIpc) is 2.01. The lowest BCUT2D eigenvalue weighted by molar-refractivity contribution is -0.00243. The van der Waals surface area contributed by atoms with Crippen LogP contribution in [-0.4, -0.2) is 43.3 Å². The van der Waals surface area contributed by atoms with Gasteiger partial charge >= 0.3 is 6.16 Å². The zero-order chi connectivity index (χ0) is 11.0. The molecule has 0 rings (SSSR count). The van der Waals surface area contributed by atoms with Gasteiger partial charge in [-0.3, -0.25) is 0 Å². The Morgan fingerprint density at radius 3 is 2.43 bits per heavy atom. The molecule has 1 atom stereocenters. The van der Waals surface area contributed by atoms with Gasteiger partial charge in [-0.15, -0.1) is 0 Å². The second kappa shape index (κ2) is 7.58. The molecular formula is C9H18O5. The maximum Gasteiger partial charge on any atom is 0.508 e. The molecule has 0 bridgehead atoms.